The molecule has 2 atom stereocenters. The number of piperazine rings is 1. The minimum Gasteiger partial charge on any atom is -0.348 e. The Bertz CT molecular complexity index is 616. The van der Waals surface area contributed by atoms with Crippen molar-refractivity contribution in [2.45, 2.75) is 59.5 Å². The van der Waals surface area contributed by atoms with E-state index in [0.717, 1.165) is 31.5 Å². The summed E-state index contributed by atoms with van der Waals surface area (Å²) < 4.78 is 0. The second-order valence-electron chi connectivity index (χ2n) is 8.51. The monoisotopic (exact) mass is 373 g/mol. The van der Waals surface area contributed by atoms with Crippen LogP contribution in [-0.2, 0) is 9.59 Å². The number of nitrogens with zero attached hydrogens (tertiary/aromatic N) is 2. The molecule has 1 fully saturated rings. The van der Waals surface area contributed by atoms with Crippen molar-refractivity contribution in [2.24, 2.45) is 5.41 Å². The lowest BCUT2D eigenvalue weighted by Crippen LogP contribution is -2.56. The molecule has 5 heteroatoms. The zero-order valence-corrected chi connectivity index (χ0v) is 17.5. The van der Waals surface area contributed by atoms with Crippen molar-refractivity contribution in [1.82, 2.24) is 15.1 Å². The summed E-state index contributed by atoms with van der Waals surface area (Å²) in [6, 6.07) is 10.0. The standard InChI is InChI=1S/C22H35N3O2/c1-6-10-19(18-11-8-7-9-12-18)23-20(26)17(2)24-13-15-25(16-14-24)21(27)22(3,4)5/h7-9,11-12,17,19H,6,10,13-16H2,1-5H3,(H,23,26). The molecular formula is C22H35N3O2. The molecule has 0 spiro atoms. The van der Waals surface area contributed by atoms with E-state index in [4.69, 9.17) is 0 Å². The van der Waals surface area contributed by atoms with E-state index in [2.05, 4.69) is 29.3 Å². The van der Waals surface area contributed by atoms with Crippen LogP contribution in [0.4, 0.5) is 0 Å². The summed E-state index contributed by atoms with van der Waals surface area (Å²) in [6.07, 6.45) is 1.94. The highest BCUT2D eigenvalue weighted by Gasteiger charge is 2.32. The minimum atomic E-state index is -0.353. The van der Waals surface area contributed by atoms with Crippen LogP contribution in [0, 0.1) is 5.41 Å². The van der Waals surface area contributed by atoms with Gasteiger partial charge in [-0.3, -0.25) is 14.5 Å². The molecule has 1 heterocycles. The van der Waals surface area contributed by atoms with Gasteiger partial charge < -0.3 is 10.2 Å². The summed E-state index contributed by atoms with van der Waals surface area (Å²) in [5, 5.41) is 3.23. The average molecular weight is 374 g/mol. The van der Waals surface area contributed by atoms with Crippen LogP contribution in [0.5, 0.6) is 0 Å². The van der Waals surface area contributed by atoms with Crippen LogP contribution in [0.3, 0.4) is 0 Å². The topological polar surface area (TPSA) is 52.7 Å². The molecular weight excluding hydrogens is 338 g/mol. The van der Waals surface area contributed by atoms with Crippen LogP contribution >= 0.6 is 0 Å². The highest BCUT2D eigenvalue weighted by Crippen LogP contribution is 2.21. The van der Waals surface area contributed by atoms with Gasteiger partial charge in [-0.25, -0.2) is 0 Å². The number of nitrogens with one attached hydrogen (secondary N) is 1. The van der Waals surface area contributed by atoms with Gasteiger partial charge in [0.1, 0.15) is 0 Å². The molecule has 1 aliphatic rings. The summed E-state index contributed by atoms with van der Waals surface area (Å²) in [5.41, 5.74) is 0.800. The smallest absolute Gasteiger partial charge is 0.237 e. The Kier molecular flexibility index (Phi) is 7.42. The number of hydrogen-bond donors (Lipinski definition) is 1. The Morgan fingerprint density at radius 1 is 1.07 bits per heavy atom. The second-order valence-corrected chi connectivity index (χ2v) is 8.51. The number of amides is 2. The molecule has 0 radical (unpaired) electrons. The maximum atomic E-state index is 12.8. The zero-order valence-electron chi connectivity index (χ0n) is 17.5. The Morgan fingerprint density at radius 2 is 1.67 bits per heavy atom. The SMILES string of the molecule is CCCC(NC(=O)C(C)N1CCN(C(=O)C(C)(C)C)CC1)c1ccccc1. The van der Waals surface area contributed by atoms with Gasteiger partial charge in [0, 0.05) is 31.6 Å². The quantitative estimate of drug-likeness (QED) is 0.833. The molecule has 1 aromatic carbocycles. The van der Waals surface area contributed by atoms with Crippen molar-refractivity contribution in [3.63, 3.8) is 0 Å². The number of carbonyl (C=O) groups is 2. The van der Waals surface area contributed by atoms with Gasteiger partial charge in [-0.2, -0.15) is 0 Å². The fraction of sp³-hybridized carbons (Fsp3) is 0.636. The van der Waals surface area contributed by atoms with Crippen molar-refractivity contribution in [3.8, 4) is 0 Å². The van der Waals surface area contributed by atoms with Gasteiger partial charge in [0.15, 0.2) is 0 Å². The first kappa shape index (κ1) is 21.4. The van der Waals surface area contributed by atoms with Crippen LogP contribution in [0.25, 0.3) is 0 Å². The predicted molar refractivity (Wildman–Crippen MR) is 109 cm³/mol. The van der Waals surface area contributed by atoms with E-state index >= 15 is 0 Å². The number of benzene rings is 1. The number of hydrogen-bond acceptors (Lipinski definition) is 3. The molecule has 0 saturated carbocycles. The molecule has 1 aliphatic heterocycles. The average Bonchev–Trinajstić information content (AvgIpc) is 2.66. The van der Waals surface area contributed by atoms with Crippen LogP contribution < -0.4 is 5.32 Å². The maximum absolute atomic E-state index is 12.8. The van der Waals surface area contributed by atoms with Gasteiger partial charge in [0.2, 0.25) is 11.8 Å². The van der Waals surface area contributed by atoms with E-state index < -0.39 is 0 Å². The van der Waals surface area contributed by atoms with Gasteiger partial charge in [-0.05, 0) is 18.9 Å². The van der Waals surface area contributed by atoms with Crippen molar-refractivity contribution < 1.29 is 9.59 Å². The highest BCUT2D eigenvalue weighted by molar-refractivity contribution is 5.82. The first-order valence-corrected chi connectivity index (χ1v) is 10.1. The van der Waals surface area contributed by atoms with Crippen LogP contribution in [0.1, 0.15) is 59.1 Å². The Balaban J connectivity index is 1.92. The van der Waals surface area contributed by atoms with Crippen molar-refractivity contribution >= 4 is 11.8 Å². The molecule has 2 unspecified atom stereocenters. The summed E-state index contributed by atoms with van der Waals surface area (Å²) in [5.74, 6) is 0.249. The summed E-state index contributed by atoms with van der Waals surface area (Å²) >= 11 is 0. The van der Waals surface area contributed by atoms with Gasteiger partial charge in [0.25, 0.3) is 0 Å². The third-order valence-corrected chi connectivity index (χ3v) is 5.27. The Hall–Kier alpha value is -1.88. The molecule has 1 saturated heterocycles. The molecule has 0 aromatic heterocycles. The van der Waals surface area contributed by atoms with Crippen LogP contribution in [0.2, 0.25) is 0 Å². The van der Waals surface area contributed by atoms with Gasteiger partial charge >= 0.3 is 0 Å². The lowest BCUT2D eigenvalue weighted by Gasteiger charge is -2.39. The summed E-state index contributed by atoms with van der Waals surface area (Å²) in [4.78, 5) is 29.4. The lowest BCUT2D eigenvalue weighted by molar-refractivity contribution is -0.142. The molecule has 0 bridgehead atoms. The van der Waals surface area contributed by atoms with Crippen LogP contribution in [0.15, 0.2) is 30.3 Å². The summed E-state index contributed by atoms with van der Waals surface area (Å²) in [6.45, 7) is 12.8. The second kappa shape index (κ2) is 9.36. The molecule has 5 nitrogen and oxygen atoms in total. The molecule has 150 valence electrons. The van der Waals surface area contributed by atoms with Gasteiger partial charge in [-0.15, -0.1) is 0 Å². The fourth-order valence-electron chi connectivity index (χ4n) is 3.54. The van der Waals surface area contributed by atoms with E-state index in [1.54, 1.807) is 0 Å². The normalized spacial score (nSPS) is 18.0. The van der Waals surface area contributed by atoms with E-state index in [1.165, 1.54) is 0 Å². The lowest BCUT2D eigenvalue weighted by atomic mass is 9.94. The van der Waals surface area contributed by atoms with E-state index in [9.17, 15) is 9.59 Å². The van der Waals surface area contributed by atoms with E-state index in [0.29, 0.717) is 13.1 Å². The molecule has 1 aromatic rings. The van der Waals surface area contributed by atoms with Gasteiger partial charge in [0.05, 0.1) is 12.1 Å². The van der Waals surface area contributed by atoms with E-state index in [1.807, 2.05) is 50.8 Å². The van der Waals surface area contributed by atoms with Crippen LogP contribution in [-0.4, -0.2) is 53.8 Å². The molecule has 2 amide bonds. The predicted octanol–water partition coefficient (Wildman–Crippen LogP) is 3.22. The highest BCUT2D eigenvalue weighted by atomic mass is 16.2. The maximum Gasteiger partial charge on any atom is 0.237 e. The van der Waals surface area contributed by atoms with Crippen molar-refractivity contribution in [1.29, 1.82) is 0 Å². The fourth-order valence-corrected chi connectivity index (χ4v) is 3.54. The Morgan fingerprint density at radius 3 is 2.19 bits per heavy atom. The first-order chi connectivity index (χ1) is 12.7. The van der Waals surface area contributed by atoms with Crippen molar-refractivity contribution in [2.75, 3.05) is 26.2 Å². The third-order valence-electron chi connectivity index (χ3n) is 5.27. The Labute approximate surface area is 164 Å². The first-order valence-electron chi connectivity index (χ1n) is 10.1. The number of rotatable bonds is 6. The molecule has 2 rings (SSSR count). The van der Waals surface area contributed by atoms with Gasteiger partial charge in [-0.1, -0.05) is 64.4 Å². The third kappa shape index (κ3) is 5.80. The zero-order chi connectivity index (χ0) is 20.0. The molecule has 1 N–H and O–H groups in total. The largest absolute Gasteiger partial charge is 0.348 e. The van der Waals surface area contributed by atoms with E-state index in [-0.39, 0.29) is 29.3 Å². The number of carbonyl (C=O) groups excluding carboxylic acids is 2. The molecule has 27 heavy (non-hydrogen) atoms. The summed E-state index contributed by atoms with van der Waals surface area (Å²) in [7, 11) is 0. The van der Waals surface area contributed by atoms with Crippen molar-refractivity contribution in [3.05, 3.63) is 35.9 Å². The molecule has 0 aliphatic carbocycles. The minimum absolute atomic E-state index is 0.0508.